The van der Waals surface area contributed by atoms with Crippen LogP contribution in [0.2, 0.25) is 0 Å². The lowest BCUT2D eigenvalue weighted by Gasteiger charge is -2.48. The molecule has 0 spiro atoms. The van der Waals surface area contributed by atoms with Crippen molar-refractivity contribution in [1.82, 2.24) is 10.6 Å². The van der Waals surface area contributed by atoms with E-state index in [0.29, 0.717) is 78.8 Å². The van der Waals surface area contributed by atoms with Crippen LogP contribution in [0.3, 0.4) is 0 Å². The number of anilines is 2. The van der Waals surface area contributed by atoms with Crippen molar-refractivity contribution < 1.29 is 92.8 Å². The zero-order valence-electron chi connectivity index (χ0n) is 42.3. The van der Waals surface area contributed by atoms with Crippen molar-refractivity contribution in [2.24, 2.45) is 11.8 Å². The number of rotatable bonds is 18. The summed E-state index contributed by atoms with van der Waals surface area (Å²) in [5.41, 5.74) is 2.68. The fourth-order valence-electron chi connectivity index (χ4n) is 10.8. The number of phenols is 3. The first kappa shape index (κ1) is 54.5. The first-order chi connectivity index (χ1) is 37.9. The van der Waals surface area contributed by atoms with E-state index in [1.54, 1.807) is 30.3 Å². The van der Waals surface area contributed by atoms with Crippen molar-refractivity contribution in [3.8, 4) is 40.2 Å². The van der Waals surface area contributed by atoms with E-state index < -0.39 is 78.4 Å². The number of carbonyl (C=O) groups excluding carboxylic acids is 3. The Kier molecular flexibility index (Phi) is 16.5. The number of benzene rings is 4. The van der Waals surface area contributed by atoms with Crippen molar-refractivity contribution in [2.45, 2.75) is 49.0 Å². The van der Waals surface area contributed by atoms with Crippen molar-refractivity contribution in [1.29, 1.82) is 0 Å². The predicted molar refractivity (Wildman–Crippen MR) is 276 cm³/mol. The molecule has 4 aromatic carbocycles. The van der Waals surface area contributed by atoms with Crippen molar-refractivity contribution in [2.75, 3.05) is 97.3 Å². The number of fused-ring (bicyclic) bond motifs is 6. The molecule has 6 aliphatic rings. The molecule has 0 saturated carbocycles. The van der Waals surface area contributed by atoms with Crippen LogP contribution in [0.25, 0.3) is 0 Å². The molecule has 3 fully saturated rings. The van der Waals surface area contributed by atoms with Crippen LogP contribution in [-0.4, -0.2) is 171 Å². The Morgan fingerprint density at radius 3 is 1.85 bits per heavy atom. The highest BCUT2D eigenvalue weighted by Gasteiger charge is 2.56. The average molecular weight is 1100 g/mol. The fraction of sp³-hybridized carbons (Fsp3) is 0.426. The Balaban J connectivity index is 0.000000189. The van der Waals surface area contributed by atoms with Gasteiger partial charge >= 0.3 is 5.97 Å². The molecule has 78 heavy (non-hydrogen) atoms. The first-order valence-electron chi connectivity index (χ1n) is 25.3. The third-order valence-corrected chi connectivity index (χ3v) is 15.4. The average Bonchev–Trinajstić information content (AvgIpc) is 4.29. The summed E-state index contributed by atoms with van der Waals surface area (Å²) >= 11 is 1.46. The maximum Gasteiger partial charge on any atom is 0.310 e. The van der Waals surface area contributed by atoms with Crippen LogP contribution in [0.15, 0.2) is 66.0 Å². The molecule has 1 aromatic heterocycles. The van der Waals surface area contributed by atoms with Gasteiger partial charge in [-0.25, -0.2) is 0 Å². The van der Waals surface area contributed by atoms with Gasteiger partial charge in [0.1, 0.15) is 35.9 Å². The normalized spacial score (nSPS) is 25.3. The Morgan fingerprint density at radius 1 is 0.679 bits per heavy atom. The van der Waals surface area contributed by atoms with E-state index in [-0.39, 0.29) is 84.2 Å². The molecule has 416 valence electrons. The molecule has 11 rings (SSSR count). The third kappa shape index (κ3) is 10.4. The van der Waals surface area contributed by atoms with Gasteiger partial charge in [0.05, 0.1) is 79.8 Å². The molecule has 3 unspecified atom stereocenters. The van der Waals surface area contributed by atoms with Gasteiger partial charge in [-0.1, -0.05) is 6.07 Å². The maximum atomic E-state index is 13.5. The smallest absolute Gasteiger partial charge is 0.310 e. The Morgan fingerprint density at radius 2 is 1.28 bits per heavy atom. The number of aromatic hydroxyl groups is 3. The van der Waals surface area contributed by atoms with Crippen molar-refractivity contribution in [3.63, 3.8) is 0 Å². The summed E-state index contributed by atoms with van der Waals surface area (Å²) in [5.74, 6) is -2.95. The number of cyclic esters (lactones) is 1. The molecule has 5 aromatic rings. The number of hydrogen-bond acceptors (Lipinski definition) is 24. The molecule has 11 N–H and O–H groups in total. The monoisotopic (exact) mass is 1100 g/mol. The number of hydrogen-bond donors (Lipinski definition) is 11. The van der Waals surface area contributed by atoms with Gasteiger partial charge < -0.3 is 99.6 Å². The van der Waals surface area contributed by atoms with Gasteiger partial charge in [0.25, 0.3) is 0 Å². The molecule has 0 amide bonds. The summed E-state index contributed by atoms with van der Waals surface area (Å²) in [5, 5.41) is 85.6. The van der Waals surface area contributed by atoms with E-state index >= 15 is 0 Å². The van der Waals surface area contributed by atoms with E-state index in [1.807, 2.05) is 23.6 Å². The van der Waals surface area contributed by atoms with Crippen LogP contribution in [0.1, 0.15) is 71.7 Å². The molecule has 5 heterocycles. The minimum atomic E-state index is -1.47. The van der Waals surface area contributed by atoms with Gasteiger partial charge in [-0.15, -0.1) is 11.3 Å². The van der Waals surface area contributed by atoms with Gasteiger partial charge in [0.15, 0.2) is 35.6 Å². The SMILES string of the molecule is COc1cc([C@@H]2c3cc4c(cc3C(O[C@@H]3O[C@@H]5COC(c6cccs6)O[C@H]5[C@H](O)[C@H]3O)C3COC(=O)[C@@H]32)OCO4)cc(OC)c1O.O=C1c2c(O)ccc(O)c2C(=O)c2c(NCCNCCO)ccc(NCCNCCO)c21. The molecule has 3 saturated heterocycles. The molecule has 4 aliphatic heterocycles. The molecule has 10 atom stereocenters. The number of nitrogens with one attached hydrogen (secondary N) is 4. The minimum absolute atomic E-state index is 0.00939. The lowest BCUT2D eigenvalue weighted by Crippen LogP contribution is -2.62. The third-order valence-electron chi connectivity index (χ3n) is 14.5. The van der Waals surface area contributed by atoms with Crippen LogP contribution in [0.5, 0.6) is 40.2 Å². The zero-order chi connectivity index (χ0) is 54.8. The largest absolute Gasteiger partial charge is 0.507 e. The topological polar surface area (TPSA) is 324 Å². The molecule has 0 bridgehead atoms. The Hall–Kier alpha value is -6.81. The molecular weight excluding hydrogens is 1040 g/mol. The summed E-state index contributed by atoms with van der Waals surface area (Å²) in [7, 11) is 2.86. The summed E-state index contributed by atoms with van der Waals surface area (Å²) in [6.45, 7) is 2.98. The molecule has 24 heteroatoms. The van der Waals surface area contributed by atoms with Crippen LogP contribution in [0.4, 0.5) is 11.4 Å². The van der Waals surface area contributed by atoms with Crippen LogP contribution < -0.4 is 40.2 Å². The highest BCUT2D eigenvalue weighted by atomic mass is 32.1. The quantitative estimate of drug-likeness (QED) is 0.0335. The Bertz CT molecular complexity index is 2910. The Labute approximate surface area is 450 Å². The number of aliphatic hydroxyl groups is 4. The summed E-state index contributed by atoms with van der Waals surface area (Å²) in [4.78, 5) is 41.1. The molecule has 0 radical (unpaired) electrons. The minimum Gasteiger partial charge on any atom is -0.507 e. The second-order valence-electron chi connectivity index (χ2n) is 19.0. The van der Waals surface area contributed by atoms with E-state index in [2.05, 4.69) is 21.3 Å². The predicted octanol–water partition coefficient (Wildman–Crippen LogP) is 2.61. The van der Waals surface area contributed by atoms with Gasteiger partial charge in [-0.05, 0) is 76.7 Å². The second-order valence-corrected chi connectivity index (χ2v) is 20.0. The van der Waals surface area contributed by atoms with Crippen LogP contribution in [-0.2, 0) is 28.5 Å². The fourth-order valence-corrected chi connectivity index (χ4v) is 11.5. The lowest BCUT2D eigenvalue weighted by atomic mass is 9.66. The number of phenolic OH excluding ortho intramolecular Hbond substituents is 3. The summed E-state index contributed by atoms with van der Waals surface area (Å²) < 4.78 is 52.6. The highest BCUT2D eigenvalue weighted by molar-refractivity contribution is 7.10. The van der Waals surface area contributed by atoms with E-state index in [4.69, 9.17) is 52.8 Å². The van der Waals surface area contributed by atoms with E-state index in [1.165, 1.54) is 37.7 Å². The number of thiophene rings is 1. The van der Waals surface area contributed by atoms with Gasteiger partial charge in [-0.2, -0.15) is 0 Å². The number of carbonyl (C=O) groups is 3. The van der Waals surface area contributed by atoms with E-state index in [9.17, 15) is 39.9 Å². The number of ketones is 2. The number of ether oxygens (including phenoxy) is 9. The number of methoxy groups -OCH3 is 2. The van der Waals surface area contributed by atoms with Crippen LogP contribution in [0, 0.1) is 11.8 Å². The summed E-state index contributed by atoms with van der Waals surface area (Å²) in [6.07, 6.45) is -7.16. The van der Waals surface area contributed by atoms with E-state index in [0.717, 1.165) is 4.88 Å². The second kappa shape index (κ2) is 23.7. The van der Waals surface area contributed by atoms with Gasteiger partial charge in [-0.3, -0.25) is 14.4 Å². The van der Waals surface area contributed by atoms with Crippen molar-refractivity contribution in [3.05, 3.63) is 110 Å². The molecular formula is C54H60N4O19S. The number of aliphatic hydroxyl groups excluding tert-OH is 4. The standard InChI is InChI=1S/C32H32O13S.C22H28N4O6/c1-37-19-6-13(7-20(38-2)25(19)33)23-14-8-17-18(42-12-41-17)9-15(14)28(16-10-39-30(36)24(16)23)44-32-27(35)26(34)29-21(43-32)11-40-31(45-29)22-4-3-5-46-22;27-11-9-23-5-7-25-13-1-2-14(26-8-6-24-10-12-28)18-17(13)21(31)19-15(29)3-4-16(30)20(19)22(18)32/h3-9,16,21,23-24,26-29,31-35H,10-12H2,1-2H3;1-4,23-30H,5-12H2/t16?,21-,23-,24+,26-,27-,28?,29-,31?,32+;/m1./s1. The highest BCUT2D eigenvalue weighted by Crippen LogP contribution is 2.57. The lowest BCUT2D eigenvalue weighted by molar-refractivity contribution is -0.368. The van der Waals surface area contributed by atoms with Crippen LogP contribution >= 0.6 is 11.3 Å². The molecule has 2 aliphatic carbocycles. The zero-order valence-corrected chi connectivity index (χ0v) is 43.2. The van der Waals surface area contributed by atoms with Gasteiger partial charge in [0, 0.05) is 62.5 Å². The summed E-state index contributed by atoms with van der Waals surface area (Å²) in [6, 6.07) is 16.4. The maximum absolute atomic E-state index is 13.5. The van der Waals surface area contributed by atoms with Crippen molar-refractivity contribution >= 4 is 40.2 Å². The number of esters is 1. The van der Waals surface area contributed by atoms with Gasteiger partial charge in [0.2, 0.25) is 24.1 Å². The first-order valence-corrected chi connectivity index (χ1v) is 26.2. The molecule has 23 nitrogen and oxygen atoms in total.